The Bertz CT molecular complexity index is 455. The van der Waals surface area contributed by atoms with Crippen LogP contribution in [0, 0.1) is 0 Å². The van der Waals surface area contributed by atoms with E-state index in [2.05, 4.69) is 11.4 Å². The number of phenols is 1. The quantitative estimate of drug-likeness (QED) is 0.812. The smallest absolute Gasteiger partial charge is 0.115 e. The summed E-state index contributed by atoms with van der Waals surface area (Å²) < 4.78 is 5.98. The first-order valence-electron chi connectivity index (χ1n) is 8.50. The number of nitrogens with one attached hydrogen (secondary N) is 1. The minimum Gasteiger partial charge on any atom is -0.508 e. The lowest BCUT2D eigenvalue weighted by Crippen LogP contribution is -2.29. The van der Waals surface area contributed by atoms with Crippen LogP contribution in [-0.4, -0.2) is 24.4 Å². The fourth-order valence-electron chi connectivity index (χ4n) is 3.70. The van der Waals surface area contributed by atoms with E-state index in [-0.39, 0.29) is 0 Å². The molecule has 3 rings (SSSR count). The van der Waals surface area contributed by atoms with E-state index in [0.29, 0.717) is 17.9 Å². The third-order valence-corrected chi connectivity index (χ3v) is 4.84. The van der Waals surface area contributed by atoms with Crippen LogP contribution in [0.25, 0.3) is 0 Å². The number of hydrogen-bond donors (Lipinski definition) is 2. The molecule has 0 bridgehead atoms. The van der Waals surface area contributed by atoms with E-state index in [1.807, 2.05) is 6.07 Å². The molecule has 1 atom stereocenters. The molecule has 1 unspecified atom stereocenters. The number of aromatic hydroxyl groups is 1. The molecule has 1 fully saturated rings. The predicted octanol–water partition coefficient (Wildman–Crippen LogP) is 3.71. The molecule has 0 saturated heterocycles. The third-order valence-electron chi connectivity index (χ3n) is 4.84. The highest BCUT2D eigenvalue weighted by molar-refractivity contribution is 5.38. The molecule has 0 aliphatic heterocycles. The van der Waals surface area contributed by atoms with E-state index < -0.39 is 0 Å². The van der Waals surface area contributed by atoms with Crippen molar-refractivity contribution in [2.75, 3.05) is 13.2 Å². The van der Waals surface area contributed by atoms with Gasteiger partial charge in [-0.25, -0.2) is 0 Å². The lowest BCUT2D eigenvalue weighted by atomic mass is 9.87. The Balaban J connectivity index is 1.46. The van der Waals surface area contributed by atoms with E-state index in [1.54, 1.807) is 6.07 Å². The Morgan fingerprint density at radius 2 is 1.95 bits per heavy atom. The molecule has 2 N–H and O–H groups in total. The molecule has 0 amide bonds. The van der Waals surface area contributed by atoms with E-state index in [0.717, 1.165) is 19.6 Å². The average Bonchev–Trinajstić information content (AvgIpc) is 2.52. The summed E-state index contributed by atoms with van der Waals surface area (Å²) in [5.41, 5.74) is 2.66. The van der Waals surface area contributed by atoms with Crippen molar-refractivity contribution in [3.8, 4) is 5.75 Å². The lowest BCUT2D eigenvalue weighted by molar-refractivity contribution is 0.0291. The molecule has 2 aliphatic rings. The second kappa shape index (κ2) is 7.28. The fraction of sp³-hybridized carbons (Fsp3) is 0.667. The summed E-state index contributed by atoms with van der Waals surface area (Å²) in [6.07, 6.45) is 10.5. The zero-order valence-corrected chi connectivity index (χ0v) is 12.8. The SMILES string of the molecule is Oc1ccc2c(c1)CCCC2NCCOC1CCCCC1. The molecule has 1 aromatic carbocycles. The van der Waals surface area contributed by atoms with Crippen molar-refractivity contribution < 1.29 is 9.84 Å². The van der Waals surface area contributed by atoms with Crippen LogP contribution in [0.3, 0.4) is 0 Å². The van der Waals surface area contributed by atoms with Crippen LogP contribution >= 0.6 is 0 Å². The largest absolute Gasteiger partial charge is 0.508 e. The van der Waals surface area contributed by atoms with Crippen molar-refractivity contribution in [1.82, 2.24) is 5.32 Å². The molecule has 3 heteroatoms. The second-order valence-electron chi connectivity index (χ2n) is 6.41. The van der Waals surface area contributed by atoms with Gasteiger partial charge in [0, 0.05) is 12.6 Å². The molecule has 1 saturated carbocycles. The number of phenolic OH excluding ortho intramolecular Hbond substituents is 1. The zero-order valence-electron chi connectivity index (χ0n) is 12.8. The van der Waals surface area contributed by atoms with Gasteiger partial charge in [-0.3, -0.25) is 0 Å². The molecule has 0 aromatic heterocycles. The summed E-state index contributed by atoms with van der Waals surface area (Å²) in [5.74, 6) is 0.384. The summed E-state index contributed by atoms with van der Waals surface area (Å²) in [4.78, 5) is 0. The van der Waals surface area contributed by atoms with Crippen LogP contribution < -0.4 is 5.32 Å². The molecule has 3 nitrogen and oxygen atoms in total. The van der Waals surface area contributed by atoms with Crippen LogP contribution in [0.5, 0.6) is 5.75 Å². The zero-order chi connectivity index (χ0) is 14.5. The molecule has 0 radical (unpaired) electrons. The molecule has 0 spiro atoms. The van der Waals surface area contributed by atoms with Gasteiger partial charge in [0.05, 0.1) is 12.7 Å². The van der Waals surface area contributed by atoms with Crippen LogP contribution in [0.4, 0.5) is 0 Å². The summed E-state index contributed by atoms with van der Waals surface area (Å²) in [6, 6.07) is 6.21. The Morgan fingerprint density at radius 1 is 1.10 bits per heavy atom. The van der Waals surface area contributed by atoms with Crippen LogP contribution in [-0.2, 0) is 11.2 Å². The second-order valence-corrected chi connectivity index (χ2v) is 6.41. The number of rotatable bonds is 5. The molecule has 116 valence electrons. The van der Waals surface area contributed by atoms with Crippen LogP contribution in [0.2, 0.25) is 0 Å². The maximum atomic E-state index is 9.59. The topological polar surface area (TPSA) is 41.5 Å². The molecular weight excluding hydrogens is 262 g/mol. The first kappa shape index (κ1) is 14.9. The maximum Gasteiger partial charge on any atom is 0.115 e. The maximum absolute atomic E-state index is 9.59. The molecule has 0 heterocycles. The van der Waals surface area contributed by atoms with Gasteiger partial charge in [-0.15, -0.1) is 0 Å². The number of ether oxygens (including phenoxy) is 1. The highest BCUT2D eigenvalue weighted by atomic mass is 16.5. The summed E-state index contributed by atoms with van der Waals surface area (Å²) >= 11 is 0. The molecule has 2 aliphatic carbocycles. The lowest BCUT2D eigenvalue weighted by Gasteiger charge is -2.27. The van der Waals surface area contributed by atoms with Crippen molar-refractivity contribution in [3.63, 3.8) is 0 Å². The van der Waals surface area contributed by atoms with Crippen molar-refractivity contribution in [3.05, 3.63) is 29.3 Å². The average molecular weight is 289 g/mol. The number of fused-ring (bicyclic) bond motifs is 1. The summed E-state index contributed by atoms with van der Waals surface area (Å²) in [7, 11) is 0. The molecule has 1 aromatic rings. The van der Waals surface area contributed by atoms with Crippen molar-refractivity contribution >= 4 is 0 Å². The van der Waals surface area contributed by atoms with Crippen molar-refractivity contribution in [1.29, 1.82) is 0 Å². The number of hydrogen-bond acceptors (Lipinski definition) is 3. The van der Waals surface area contributed by atoms with Gasteiger partial charge in [0.2, 0.25) is 0 Å². The van der Waals surface area contributed by atoms with Gasteiger partial charge < -0.3 is 15.2 Å². The van der Waals surface area contributed by atoms with Gasteiger partial charge in [-0.2, -0.15) is 0 Å². The summed E-state index contributed by atoms with van der Waals surface area (Å²) in [5, 5.41) is 13.2. The van der Waals surface area contributed by atoms with Gasteiger partial charge in [0.15, 0.2) is 0 Å². The summed E-state index contributed by atoms with van der Waals surface area (Å²) in [6.45, 7) is 1.73. The van der Waals surface area contributed by atoms with Crippen LogP contribution in [0.15, 0.2) is 18.2 Å². The molecular formula is C18H27NO2. The fourth-order valence-corrected chi connectivity index (χ4v) is 3.70. The first-order valence-corrected chi connectivity index (χ1v) is 8.50. The van der Waals surface area contributed by atoms with Crippen molar-refractivity contribution in [2.45, 2.75) is 63.5 Å². The normalized spacial score (nSPS) is 23.0. The van der Waals surface area contributed by atoms with E-state index in [1.165, 1.54) is 56.1 Å². The van der Waals surface area contributed by atoms with Gasteiger partial charge >= 0.3 is 0 Å². The minimum atomic E-state index is 0.384. The van der Waals surface area contributed by atoms with Gasteiger partial charge in [-0.05, 0) is 55.4 Å². The van der Waals surface area contributed by atoms with E-state index >= 15 is 0 Å². The Kier molecular flexibility index (Phi) is 5.15. The van der Waals surface area contributed by atoms with E-state index in [9.17, 15) is 5.11 Å². The van der Waals surface area contributed by atoms with Gasteiger partial charge in [0.1, 0.15) is 5.75 Å². The van der Waals surface area contributed by atoms with E-state index in [4.69, 9.17) is 4.74 Å². The van der Waals surface area contributed by atoms with Crippen LogP contribution in [0.1, 0.15) is 62.1 Å². The van der Waals surface area contributed by atoms with Gasteiger partial charge in [-0.1, -0.05) is 25.3 Å². The highest BCUT2D eigenvalue weighted by Crippen LogP contribution is 2.31. The monoisotopic (exact) mass is 289 g/mol. The Hall–Kier alpha value is -1.06. The Labute approximate surface area is 127 Å². The highest BCUT2D eigenvalue weighted by Gasteiger charge is 2.20. The van der Waals surface area contributed by atoms with Crippen molar-refractivity contribution in [2.24, 2.45) is 0 Å². The Morgan fingerprint density at radius 3 is 2.81 bits per heavy atom. The first-order chi connectivity index (χ1) is 10.3. The number of aryl methyl sites for hydroxylation is 1. The predicted molar refractivity (Wildman–Crippen MR) is 84.6 cm³/mol. The number of benzene rings is 1. The minimum absolute atomic E-state index is 0.384. The van der Waals surface area contributed by atoms with Gasteiger partial charge in [0.25, 0.3) is 0 Å². The standard InChI is InChI=1S/C18H27NO2/c20-15-9-10-17-14(13-15)5-4-8-18(17)19-11-12-21-16-6-2-1-3-7-16/h9-10,13,16,18-20H,1-8,11-12H2. The third kappa shape index (κ3) is 3.98. The molecule has 21 heavy (non-hydrogen) atoms.